The van der Waals surface area contributed by atoms with Crippen molar-refractivity contribution >= 4 is 12.0 Å². The zero-order valence-electron chi connectivity index (χ0n) is 12.2. The summed E-state index contributed by atoms with van der Waals surface area (Å²) in [6, 6.07) is 9.66. The van der Waals surface area contributed by atoms with E-state index in [-0.39, 0.29) is 18.6 Å². The zero-order valence-corrected chi connectivity index (χ0v) is 12.2. The highest BCUT2D eigenvalue weighted by atomic mass is 16.6. The van der Waals surface area contributed by atoms with Gasteiger partial charge in [0, 0.05) is 6.42 Å². The highest BCUT2D eigenvalue weighted by Gasteiger charge is 2.37. The molecule has 4 nitrogen and oxygen atoms in total. The number of hydrogen-bond acceptors (Lipinski definition) is 3. The van der Waals surface area contributed by atoms with Gasteiger partial charge in [-0.1, -0.05) is 36.4 Å². The number of hydrogen-bond donors (Lipinski definition) is 0. The number of cyclic esters (lactones) is 1. The van der Waals surface area contributed by atoms with Gasteiger partial charge in [0.15, 0.2) is 0 Å². The molecule has 1 aliphatic rings. The molecule has 21 heavy (non-hydrogen) atoms. The maximum Gasteiger partial charge on any atom is 0.416 e. The Morgan fingerprint density at radius 2 is 2.10 bits per heavy atom. The molecular weight excluding hydrogens is 266 g/mol. The van der Waals surface area contributed by atoms with Crippen molar-refractivity contribution in [3.63, 3.8) is 0 Å². The Morgan fingerprint density at radius 1 is 1.33 bits per heavy atom. The van der Waals surface area contributed by atoms with E-state index in [0.717, 1.165) is 24.8 Å². The average molecular weight is 287 g/mol. The second-order valence-electron chi connectivity index (χ2n) is 5.22. The first kappa shape index (κ1) is 15.3. The van der Waals surface area contributed by atoms with Gasteiger partial charge in [0.1, 0.15) is 6.61 Å². The molecule has 1 aliphatic heterocycles. The van der Waals surface area contributed by atoms with Crippen LogP contribution in [0.1, 0.15) is 31.2 Å². The van der Waals surface area contributed by atoms with Crippen molar-refractivity contribution in [3.8, 4) is 0 Å². The summed E-state index contributed by atoms with van der Waals surface area (Å²) in [4.78, 5) is 25.3. The molecule has 0 aliphatic carbocycles. The van der Waals surface area contributed by atoms with Crippen molar-refractivity contribution in [2.24, 2.45) is 0 Å². The van der Waals surface area contributed by atoms with Crippen LogP contribution >= 0.6 is 0 Å². The molecule has 0 unspecified atom stereocenters. The summed E-state index contributed by atoms with van der Waals surface area (Å²) in [7, 11) is 0. The number of imide groups is 1. The van der Waals surface area contributed by atoms with E-state index in [1.165, 1.54) is 4.90 Å². The smallest absolute Gasteiger partial charge is 0.416 e. The molecule has 1 aromatic carbocycles. The summed E-state index contributed by atoms with van der Waals surface area (Å²) >= 11 is 0. The Kier molecular flexibility index (Phi) is 5.55. The molecule has 0 saturated carbocycles. The van der Waals surface area contributed by atoms with Crippen LogP contribution in [0.3, 0.4) is 0 Å². The summed E-state index contributed by atoms with van der Waals surface area (Å²) < 4.78 is 5.05. The van der Waals surface area contributed by atoms with Crippen LogP contribution in [0.5, 0.6) is 0 Å². The van der Waals surface area contributed by atoms with E-state index >= 15 is 0 Å². The van der Waals surface area contributed by atoms with Gasteiger partial charge in [0.2, 0.25) is 5.91 Å². The number of benzene rings is 1. The first-order valence-electron chi connectivity index (χ1n) is 7.36. The van der Waals surface area contributed by atoms with Gasteiger partial charge in [-0.15, -0.1) is 6.58 Å². The van der Waals surface area contributed by atoms with Crippen LogP contribution in [0.25, 0.3) is 0 Å². The number of carbonyl (C=O) groups is 2. The lowest BCUT2D eigenvalue weighted by Gasteiger charge is -2.19. The van der Waals surface area contributed by atoms with E-state index in [2.05, 4.69) is 6.58 Å². The van der Waals surface area contributed by atoms with Gasteiger partial charge in [-0.2, -0.15) is 0 Å². The molecule has 1 fully saturated rings. The second-order valence-corrected chi connectivity index (χ2v) is 5.22. The summed E-state index contributed by atoms with van der Waals surface area (Å²) in [6.07, 6.45) is 4.94. The van der Waals surface area contributed by atoms with Crippen LogP contribution in [0, 0.1) is 0 Å². The number of allylic oxidation sites excluding steroid dienone is 1. The maximum absolute atomic E-state index is 12.2. The number of unbranched alkanes of at least 4 members (excludes halogenated alkanes) is 2. The van der Waals surface area contributed by atoms with Crippen molar-refractivity contribution in [2.45, 2.75) is 38.1 Å². The topological polar surface area (TPSA) is 46.6 Å². The summed E-state index contributed by atoms with van der Waals surface area (Å²) in [5.74, 6) is -0.137. The minimum atomic E-state index is -0.510. The Morgan fingerprint density at radius 3 is 2.81 bits per heavy atom. The molecule has 0 spiro atoms. The quantitative estimate of drug-likeness (QED) is 0.571. The fourth-order valence-electron chi connectivity index (χ4n) is 2.49. The van der Waals surface area contributed by atoms with Crippen molar-refractivity contribution in [3.05, 3.63) is 48.6 Å². The SMILES string of the molecule is C=CCCCCC(=O)N1C(=O)OC[C@H]1Cc1ccccc1. The molecule has 1 aromatic rings. The van der Waals surface area contributed by atoms with Gasteiger partial charge in [-0.05, 0) is 31.2 Å². The van der Waals surface area contributed by atoms with Crippen molar-refractivity contribution in [2.75, 3.05) is 6.61 Å². The molecule has 0 aromatic heterocycles. The maximum atomic E-state index is 12.2. The molecule has 4 heteroatoms. The van der Waals surface area contributed by atoms with Gasteiger partial charge in [0.05, 0.1) is 6.04 Å². The molecule has 0 bridgehead atoms. The van der Waals surface area contributed by atoms with Gasteiger partial charge in [-0.3, -0.25) is 4.79 Å². The van der Waals surface area contributed by atoms with Gasteiger partial charge < -0.3 is 4.74 Å². The Labute approximate surface area is 125 Å². The van der Waals surface area contributed by atoms with Crippen molar-refractivity contribution < 1.29 is 14.3 Å². The minimum absolute atomic E-state index is 0.137. The number of amides is 2. The molecule has 1 heterocycles. The third-order valence-corrected chi connectivity index (χ3v) is 3.59. The Hall–Kier alpha value is -2.10. The first-order chi connectivity index (χ1) is 10.2. The Bertz CT molecular complexity index is 498. The highest BCUT2D eigenvalue weighted by molar-refractivity contribution is 5.93. The zero-order chi connectivity index (χ0) is 15.1. The van der Waals surface area contributed by atoms with E-state index in [1.54, 1.807) is 0 Å². The fourth-order valence-corrected chi connectivity index (χ4v) is 2.49. The molecule has 0 N–H and O–H groups in total. The molecule has 1 atom stereocenters. The van der Waals surface area contributed by atoms with Gasteiger partial charge in [-0.25, -0.2) is 9.69 Å². The molecule has 2 rings (SSSR count). The predicted octanol–water partition coefficient (Wildman–Crippen LogP) is 3.32. The standard InChI is InChI=1S/C17H21NO3/c1-2-3-4-8-11-16(19)18-15(13-21-17(18)20)12-14-9-6-5-7-10-14/h2,5-7,9-10,15H,1,3-4,8,11-13H2/t15-/m1/s1. The summed E-state index contributed by atoms with van der Waals surface area (Å²) in [5, 5.41) is 0. The average Bonchev–Trinajstić information content (AvgIpc) is 2.85. The normalized spacial score (nSPS) is 17.6. The van der Waals surface area contributed by atoms with Crippen LogP contribution in [0.4, 0.5) is 4.79 Å². The van der Waals surface area contributed by atoms with Crippen LogP contribution in [-0.2, 0) is 16.0 Å². The third-order valence-electron chi connectivity index (χ3n) is 3.59. The van der Waals surface area contributed by atoms with Gasteiger partial charge in [0.25, 0.3) is 0 Å². The number of carbonyl (C=O) groups excluding carboxylic acids is 2. The molecule has 112 valence electrons. The number of rotatable bonds is 7. The van der Waals surface area contributed by atoms with Crippen LogP contribution in [0.2, 0.25) is 0 Å². The summed E-state index contributed by atoms with van der Waals surface area (Å²) in [6.45, 7) is 3.94. The molecule has 1 saturated heterocycles. The van der Waals surface area contributed by atoms with E-state index in [0.29, 0.717) is 12.8 Å². The Balaban J connectivity index is 1.93. The molecular formula is C17H21NO3. The van der Waals surface area contributed by atoms with Crippen molar-refractivity contribution in [1.82, 2.24) is 4.90 Å². The van der Waals surface area contributed by atoms with E-state index < -0.39 is 6.09 Å². The lowest BCUT2D eigenvalue weighted by Crippen LogP contribution is -2.40. The second kappa shape index (κ2) is 7.62. The fraction of sp³-hybridized carbons (Fsp3) is 0.412. The largest absolute Gasteiger partial charge is 0.447 e. The number of ether oxygens (including phenoxy) is 1. The number of nitrogens with zero attached hydrogens (tertiary/aromatic N) is 1. The van der Waals surface area contributed by atoms with Gasteiger partial charge >= 0.3 is 6.09 Å². The lowest BCUT2D eigenvalue weighted by molar-refractivity contribution is -0.129. The minimum Gasteiger partial charge on any atom is -0.447 e. The monoisotopic (exact) mass is 287 g/mol. The first-order valence-corrected chi connectivity index (χ1v) is 7.36. The molecule has 2 amide bonds. The van der Waals surface area contributed by atoms with E-state index in [1.807, 2.05) is 36.4 Å². The van der Waals surface area contributed by atoms with E-state index in [4.69, 9.17) is 4.74 Å². The third kappa shape index (κ3) is 4.18. The van der Waals surface area contributed by atoms with E-state index in [9.17, 15) is 9.59 Å². The van der Waals surface area contributed by atoms with Crippen LogP contribution < -0.4 is 0 Å². The predicted molar refractivity (Wildman–Crippen MR) is 80.8 cm³/mol. The van der Waals surface area contributed by atoms with Crippen molar-refractivity contribution in [1.29, 1.82) is 0 Å². The van der Waals surface area contributed by atoms with Crippen LogP contribution in [-0.4, -0.2) is 29.5 Å². The summed E-state index contributed by atoms with van der Waals surface area (Å²) in [5.41, 5.74) is 1.10. The highest BCUT2D eigenvalue weighted by Crippen LogP contribution is 2.19. The molecule has 0 radical (unpaired) electrons. The lowest BCUT2D eigenvalue weighted by atomic mass is 10.1. The van der Waals surface area contributed by atoms with Crippen LogP contribution in [0.15, 0.2) is 43.0 Å².